The average molecular weight is 481 g/mol. The van der Waals surface area contributed by atoms with Gasteiger partial charge in [0.05, 0.1) is 6.10 Å². The van der Waals surface area contributed by atoms with Crippen LogP contribution in [0, 0.1) is 0 Å². The highest BCUT2D eigenvalue weighted by molar-refractivity contribution is 14.0. The Kier molecular flexibility index (Phi) is 12.5. The number of halogens is 1. The van der Waals surface area contributed by atoms with Gasteiger partial charge >= 0.3 is 0 Å². The van der Waals surface area contributed by atoms with Gasteiger partial charge in [0.2, 0.25) is 0 Å². The molecule has 1 unspecified atom stereocenters. The first-order valence-corrected chi connectivity index (χ1v) is 9.97. The number of aliphatic imine (C=N–C) groups is 1. The van der Waals surface area contributed by atoms with Gasteiger partial charge in [-0.2, -0.15) is 11.3 Å². The minimum Gasteiger partial charge on any atom is -0.381 e. The predicted octanol–water partition coefficient (Wildman–Crippen LogP) is 3.61. The second-order valence-electron chi connectivity index (χ2n) is 6.14. The van der Waals surface area contributed by atoms with E-state index in [1.165, 1.54) is 5.56 Å². The maximum atomic E-state index is 5.89. The highest BCUT2D eigenvalue weighted by Gasteiger charge is 2.13. The van der Waals surface area contributed by atoms with Crippen molar-refractivity contribution in [2.24, 2.45) is 4.99 Å². The van der Waals surface area contributed by atoms with Crippen LogP contribution < -0.4 is 10.6 Å². The van der Waals surface area contributed by atoms with E-state index in [1.807, 2.05) is 0 Å². The molecule has 1 aliphatic heterocycles. The molecule has 144 valence electrons. The fourth-order valence-electron chi connectivity index (χ4n) is 2.60. The lowest BCUT2D eigenvalue weighted by Crippen LogP contribution is -2.38. The standard InChI is InChI=1S/C18H31N3O2S.HI/c1-3-19-18(21-13-15(2)16-7-12-24-14-16)20-8-4-9-23-17-5-10-22-11-6-17;/h7,12,14-15,17H,3-6,8-11,13H2,1-2H3,(H2,19,20,21);1H. The van der Waals surface area contributed by atoms with Gasteiger partial charge in [0, 0.05) is 45.4 Å². The third-order valence-electron chi connectivity index (χ3n) is 4.12. The zero-order chi connectivity index (χ0) is 17.0. The highest BCUT2D eigenvalue weighted by atomic mass is 127. The first-order chi connectivity index (χ1) is 11.8. The molecule has 1 saturated heterocycles. The first-order valence-electron chi connectivity index (χ1n) is 9.03. The third kappa shape index (κ3) is 9.21. The summed E-state index contributed by atoms with van der Waals surface area (Å²) in [4.78, 5) is 4.70. The number of guanidine groups is 1. The second kappa shape index (κ2) is 13.8. The van der Waals surface area contributed by atoms with Gasteiger partial charge in [-0.15, -0.1) is 24.0 Å². The molecule has 2 heterocycles. The zero-order valence-corrected chi connectivity index (χ0v) is 18.5. The highest BCUT2D eigenvalue weighted by Crippen LogP contribution is 2.18. The van der Waals surface area contributed by atoms with E-state index in [4.69, 9.17) is 14.5 Å². The van der Waals surface area contributed by atoms with Gasteiger partial charge in [-0.1, -0.05) is 6.92 Å². The van der Waals surface area contributed by atoms with Crippen LogP contribution >= 0.6 is 35.3 Å². The molecule has 1 aromatic heterocycles. The number of nitrogens with one attached hydrogen (secondary N) is 2. The summed E-state index contributed by atoms with van der Waals surface area (Å²) in [6.07, 6.45) is 3.42. The molecule has 1 aliphatic rings. The van der Waals surface area contributed by atoms with E-state index in [-0.39, 0.29) is 24.0 Å². The smallest absolute Gasteiger partial charge is 0.191 e. The third-order valence-corrected chi connectivity index (χ3v) is 4.82. The van der Waals surface area contributed by atoms with E-state index in [0.29, 0.717) is 12.0 Å². The number of hydrogen-bond donors (Lipinski definition) is 2. The van der Waals surface area contributed by atoms with Crippen molar-refractivity contribution in [1.29, 1.82) is 0 Å². The Morgan fingerprint density at radius 1 is 1.40 bits per heavy atom. The van der Waals surface area contributed by atoms with Crippen LogP contribution in [0.3, 0.4) is 0 Å². The summed E-state index contributed by atoms with van der Waals surface area (Å²) in [6, 6.07) is 2.18. The lowest BCUT2D eigenvalue weighted by atomic mass is 10.1. The lowest BCUT2D eigenvalue weighted by molar-refractivity contribution is -0.0320. The van der Waals surface area contributed by atoms with E-state index in [1.54, 1.807) is 11.3 Å². The zero-order valence-electron chi connectivity index (χ0n) is 15.3. The van der Waals surface area contributed by atoms with Gasteiger partial charge in [0.15, 0.2) is 5.96 Å². The summed E-state index contributed by atoms with van der Waals surface area (Å²) >= 11 is 1.74. The summed E-state index contributed by atoms with van der Waals surface area (Å²) in [7, 11) is 0. The fourth-order valence-corrected chi connectivity index (χ4v) is 3.38. The summed E-state index contributed by atoms with van der Waals surface area (Å²) in [5.74, 6) is 1.34. The Labute approximate surface area is 173 Å². The molecule has 2 N–H and O–H groups in total. The Bertz CT molecular complexity index is 465. The molecule has 0 radical (unpaired) electrons. The van der Waals surface area contributed by atoms with Crippen molar-refractivity contribution < 1.29 is 9.47 Å². The molecule has 0 amide bonds. The number of ether oxygens (including phenoxy) is 2. The molecule has 7 heteroatoms. The number of nitrogens with zero attached hydrogens (tertiary/aromatic N) is 1. The molecular weight excluding hydrogens is 449 g/mol. The predicted molar refractivity (Wildman–Crippen MR) is 117 cm³/mol. The minimum atomic E-state index is 0. The number of rotatable bonds is 9. The van der Waals surface area contributed by atoms with Crippen molar-refractivity contribution in [3.05, 3.63) is 22.4 Å². The summed E-state index contributed by atoms with van der Waals surface area (Å²) in [5, 5.41) is 11.0. The Morgan fingerprint density at radius 2 is 2.20 bits per heavy atom. The van der Waals surface area contributed by atoms with Crippen LogP contribution in [0.5, 0.6) is 0 Å². The van der Waals surface area contributed by atoms with Crippen molar-refractivity contribution in [3.63, 3.8) is 0 Å². The topological polar surface area (TPSA) is 54.9 Å². The van der Waals surface area contributed by atoms with E-state index in [0.717, 1.165) is 64.7 Å². The van der Waals surface area contributed by atoms with Crippen LogP contribution in [-0.4, -0.2) is 51.5 Å². The van der Waals surface area contributed by atoms with Gasteiger partial charge < -0.3 is 20.1 Å². The monoisotopic (exact) mass is 481 g/mol. The Balaban J connectivity index is 0.00000312. The van der Waals surface area contributed by atoms with Gasteiger partial charge in [0.25, 0.3) is 0 Å². The lowest BCUT2D eigenvalue weighted by Gasteiger charge is -2.22. The molecule has 25 heavy (non-hydrogen) atoms. The molecule has 1 aromatic rings. The Morgan fingerprint density at radius 3 is 2.88 bits per heavy atom. The molecular formula is C18H32IN3O2S. The van der Waals surface area contributed by atoms with Crippen LogP contribution in [0.2, 0.25) is 0 Å². The van der Waals surface area contributed by atoms with E-state index < -0.39 is 0 Å². The molecule has 0 aromatic carbocycles. The first kappa shape index (κ1) is 22.7. The van der Waals surface area contributed by atoms with Crippen LogP contribution in [0.4, 0.5) is 0 Å². The average Bonchev–Trinajstić information content (AvgIpc) is 3.14. The van der Waals surface area contributed by atoms with Crippen LogP contribution in [-0.2, 0) is 9.47 Å². The van der Waals surface area contributed by atoms with Crippen molar-refractivity contribution in [2.45, 2.75) is 45.1 Å². The minimum absolute atomic E-state index is 0. The maximum Gasteiger partial charge on any atom is 0.191 e. The maximum absolute atomic E-state index is 5.89. The normalized spacial score (nSPS) is 17.0. The van der Waals surface area contributed by atoms with E-state index in [2.05, 4.69) is 41.3 Å². The summed E-state index contributed by atoms with van der Waals surface area (Å²) in [6.45, 7) is 9.32. The van der Waals surface area contributed by atoms with Crippen molar-refractivity contribution in [1.82, 2.24) is 10.6 Å². The van der Waals surface area contributed by atoms with Crippen molar-refractivity contribution in [3.8, 4) is 0 Å². The molecule has 0 bridgehead atoms. The molecule has 0 saturated carbocycles. The van der Waals surface area contributed by atoms with Crippen LogP contribution in [0.15, 0.2) is 21.8 Å². The van der Waals surface area contributed by atoms with Gasteiger partial charge in [-0.25, -0.2) is 0 Å². The SMILES string of the molecule is CCNC(=NCC(C)c1ccsc1)NCCCOC1CCOCC1.I. The van der Waals surface area contributed by atoms with E-state index >= 15 is 0 Å². The molecule has 1 fully saturated rings. The van der Waals surface area contributed by atoms with Crippen LogP contribution in [0.25, 0.3) is 0 Å². The molecule has 0 aliphatic carbocycles. The largest absolute Gasteiger partial charge is 0.381 e. The van der Waals surface area contributed by atoms with E-state index in [9.17, 15) is 0 Å². The molecule has 1 atom stereocenters. The second-order valence-corrected chi connectivity index (χ2v) is 6.92. The molecule has 5 nitrogen and oxygen atoms in total. The van der Waals surface area contributed by atoms with Crippen LogP contribution in [0.1, 0.15) is 44.6 Å². The summed E-state index contributed by atoms with van der Waals surface area (Å²) < 4.78 is 11.2. The van der Waals surface area contributed by atoms with Gasteiger partial charge in [0.1, 0.15) is 0 Å². The quantitative estimate of drug-likeness (QED) is 0.245. The number of hydrogen-bond acceptors (Lipinski definition) is 4. The summed E-state index contributed by atoms with van der Waals surface area (Å²) in [5.41, 5.74) is 1.37. The van der Waals surface area contributed by atoms with Crippen molar-refractivity contribution in [2.75, 3.05) is 39.5 Å². The number of thiophene rings is 1. The van der Waals surface area contributed by atoms with Crippen molar-refractivity contribution >= 4 is 41.3 Å². The van der Waals surface area contributed by atoms with Gasteiger partial charge in [-0.3, -0.25) is 4.99 Å². The van der Waals surface area contributed by atoms with Gasteiger partial charge in [-0.05, 0) is 48.6 Å². The molecule has 0 spiro atoms. The fraction of sp³-hybridized carbons (Fsp3) is 0.722. The Hall–Kier alpha value is -0.380. The molecule has 2 rings (SSSR count).